The van der Waals surface area contributed by atoms with Crippen LogP contribution in [0.5, 0.6) is 0 Å². The van der Waals surface area contributed by atoms with Crippen molar-refractivity contribution < 1.29 is 9.53 Å². The van der Waals surface area contributed by atoms with Crippen molar-refractivity contribution in [3.63, 3.8) is 0 Å². The number of fused-ring (bicyclic) bond motifs is 1. The monoisotopic (exact) mass is 293 g/mol. The second-order valence-electron chi connectivity index (χ2n) is 6.33. The van der Waals surface area contributed by atoms with Gasteiger partial charge in [-0.2, -0.15) is 0 Å². The highest BCUT2D eigenvalue weighted by Gasteiger charge is 2.40. The van der Waals surface area contributed by atoms with E-state index in [0.29, 0.717) is 19.0 Å². The number of benzene rings is 1. The number of amides is 1. The van der Waals surface area contributed by atoms with Gasteiger partial charge in [0.15, 0.2) is 0 Å². The Balaban J connectivity index is 1.75. The number of morpholine rings is 1. The summed E-state index contributed by atoms with van der Waals surface area (Å²) in [6.45, 7) is 5.27. The molecule has 0 saturated carbocycles. The van der Waals surface area contributed by atoms with Crippen LogP contribution in [0.2, 0.25) is 0 Å². The van der Waals surface area contributed by atoms with Crippen LogP contribution in [0.1, 0.15) is 30.9 Å². The Labute approximate surface area is 124 Å². The summed E-state index contributed by atoms with van der Waals surface area (Å²) in [5.74, 6) is 0.667. The minimum atomic E-state index is -0.323. The van der Waals surface area contributed by atoms with Crippen molar-refractivity contribution in [1.82, 2.24) is 4.90 Å². The molecule has 1 fully saturated rings. The molecule has 1 aliphatic carbocycles. The van der Waals surface area contributed by atoms with Gasteiger partial charge in [0.1, 0.15) is 0 Å². The third kappa shape index (κ3) is 2.45. The zero-order valence-electron chi connectivity index (χ0n) is 11.9. The predicted molar refractivity (Wildman–Crippen MR) is 79.1 cm³/mol. The number of halogens is 1. The van der Waals surface area contributed by atoms with E-state index < -0.39 is 0 Å². The maximum atomic E-state index is 12.7. The number of hydrogen-bond donors (Lipinski definition) is 0. The number of ether oxygens (including phenoxy) is 1. The minimum absolute atomic E-state index is 0.0241. The molecule has 0 spiro atoms. The zero-order valence-corrected chi connectivity index (χ0v) is 12.7. The first kappa shape index (κ1) is 13.9. The Morgan fingerprint density at radius 2 is 2.20 bits per heavy atom. The molecule has 1 aromatic carbocycles. The smallest absolute Gasteiger partial charge is 0.230 e. The van der Waals surface area contributed by atoms with Crippen LogP contribution in [0, 0.1) is 0 Å². The lowest BCUT2D eigenvalue weighted by molar-refractivity contribution is -0.159. The second-order valence-corrected chi connectivity index (χ2v) is 6.64. The van der Waals surface area contributed by atoms with Gasteiger partial charge in [0, 0.05) is 13.1 Å². The quantitative estimate of drug-likeness (QED) is 0.785. The van der Waals surface area contributed by atoms with E-state index in [1.807, 2.05) is 30.9 Å². The SMILES string of the molecule is CC1(C)CN(C(=O)C2Cc3ccccc32)CC(CCl)O1. The van der Waals surface area contributed by atoms with Crippen molar-refractivity contribution in [1.29, 1.82) is 0 Å². The molecule has 1 heterocycles. The lowest BCUT2D eigenvalue weighted by Crippen LogP contribution is -2.56. The molecule has 3 nitrogen and oxygen atoms in total. The standard InChI is InChI=1S/C16H20ClNO2/c1-16(2)10-18(9-12(8-17)20-16)15(19)14-7-11-5-3-4-6-13(11)14/h3-6,12,14H,7-10H2,1-2H3. The lowest BCUT2D eigenvalue weighted by Gasteiger charge is -2.44. The Bertz CT molecular complexity index is 529. The minimum Gasteiger partial charge on any atom is -0.367 e. The summed E-state index contributed by atoms with van der Waals surface area (Å²) in [6.07, 6.45) is 0.790. The van der Waals surface area contributed by atoms with Gasteiger partial charge in [-0.25, -0.2) is 0 Å². The van der Waals surface area contributed by atoms with Crippen molar-refractivity contribution in [3.8, 4) is 0 Å². The van der Waals surface area contributed by atoms with E-state index in [0.717, 1.165) is 6.42 Å². The molecule has 108 valence electrons. The molecule has 20 heavy (non-hydrogen) atoms. The van der Waals surface area contributed by atoms with Crippen LogP contribution in [-0.4, -0.2) is 41.5 Å². The number of alkyl halides is 1. The van der Waals surface area contributed by atoms with Gasteiger partial charge in [-0.05, 0) is 31.4 Å². The van der Waals surface area contributed by atoms with Crippen molar-refractivity contribution in [2.24, 2.45) is 0 Å². The van der Waals surface area contributed by atoms with Crippen LogP contribution < -0.4 is 0 Å². The average Bonchev–Trinajstić information content (AvgIpc) is 2.38. The molecule has 0 radical (unpaired) electrons. The molecular weight excluding hydrogens is 274 g/mol. The number of nitrogens with zero attached hydrogens (tertiary/aromatic N) is 1. The van der Waals surface area contributed by atoms with E-state index in [1.54, 1.807) is 0 Å². The average molecular weight is 294 g/mol. The van der Waals surface area contributed by atoms with Crippen LogP contribution >= 0.6 is 11.6 Å². The molecule has 0 N–H and O–H groups in total. The van der Waals surface area contributed by atoms with E-state index in [-0.39, 0.29) is 23.5 Å². The molecular formula is C16H20ClNO2. The first-order chi connectivity index (χ1) is 9.50. The Morgan fingerprint density at radius 3 is 2.90 bits per heavy atom. The predicted octanol–water partition coefficient (Wildman–Crippen LogP) is 2.57. The summed E-state index contributed by atoms with van der Waals surface area (Å²) in [5.41, 5.74) is 2.16. The highest BCUT2D eigenvalue weighted by molar-refractivity contribution is 6.18. The molecule has 1 amide bonds. The Morgan fingerprint density at radius 1 is 1.45 bits per heavy atom. The van der Waals surface area contributed by atoms with Crippen molar-refractivity contribution in [2.75, 3.05) is 19.0 Å². The summed E-state index contributed by atoms with van der Waals surface area (Å²) in [6, 6.07) is 8.19. The molecule has 2 unspecified atom stereocenters. The Kier molecular flexibility index (Phi) is 3.51. The van der Waals surface area contributed by atoms with Gasteiger partial charge in [-0.1, -0.05) is 24.3 Å². The second kappa shape index (κ2) is 5.05. The van der Waals surface area contributed by atoms with E-state index in [1.165, 1.54) is 11.1 Å². The third-order valence-corrected chi connectivity index (χ3v) is 4.46. The zero-order chi connectivity index (χ0) is 14.3. The number of carbonyl (C=O) groups excluding carboxylic acids is 1. The highest BCUT2D eigenvalue weighted by atomic mass is 35.5. The van der Waals surface area contributed by atoms with E-state index in [4.69, 9.17) is 16.3 Å². The van der Waals surface area contributed by atoms with Gasteiger partial charge >= 0.3 is 0 Å². The van der Waals surface area contributed by atoms with Crippen LogP contribution in [0.3, 0.4) is 0 Å². The summed E-state index contributed by atoms with van der Waals surface area (Å²) < 4.78 is 5.88. The van der Waals surface area contributed by atoms with Crippen LogP contribution in [0.25, 0.3) is 0 Å². The van der Waals surface area contributed by atoms with Gasteiger partial charge in [0.25, 0.3) is 0 Å². The fourth-order valence-corrected chi connectivity index (χ4v) is 3.40. The van der Waals surface area contributed by atoms with Crippen LogP contribution in [0.15, 0.2) is 24.3 Å². The molecule has 1 aromatic rings. The Hall–Kier alpha value is -1.06. The maximum Gasteiger partial charge on any atom is 0.230 e. The van der Waals surface area contributed by atoms with Gasteiger partial charge in [0.2, 0.25) is 5.91 Å². The summed E-state index contributed by atoms with van der Waals surface area (Å²) in [7, 11) is 0. The number of carbonyl (C=O) groups is 1. The normalized spacial score (nSPS) is 27.6. The molecule has 0 aromatic heterocycles. The van der Waals surface area contributed by atoms with Crippen molar-refractivity contribution >= 4 is 17.5 Å². The molecule has 2 atom stereocenters. The van der Waals surface area contributed by atoms with Gasteiger partial charge in [-0.3, -0.25) is 4.79 Å². The molecule has 3 rings (SSSR count). The van der Waals surface area contributed by atoms with E-state index >= 15 is 0 Å². The van der Waals surface area contributed by atoms with Crippen LogP contribution in [-0.2, 0) is 16.0 Å². The molecule has 4 heteroatoms. The fraction of sp³-hybridized carbons (Fsp3) is 0.562. The van der Waals surface area contributed by atoms with Gasteiger partial charge < -0.3 is 9.64 Å². The molecule has 0 bridgehead atoms. The van der Waals surface area contributed by atoms with E-state index in [2.05, 4.69) is 12.1 Å². The van der Waals surface area contributed by atoms with E-state index in [9.17, 15) is 4.79 Å². The van der Waals surface area contributed by atoms with Crippen molar-refractivity contribution in [3.05, 3.63) is 35.4 Å². The fourth-order valence-electron chi connectivity index (χ4n) is 3.24. The first-order valence-corrected chi connectivity index (χ1v) is 7.64. The number of hydrogen-bond acceptors (Lipinski definition) is 2. The summed E-state index contributed by atoms with van der Waals surface area (Å²) in [4.78, 5) is 14.6. The third-order valence-electron chi connectivity index (χ3n) is 4.12. The summed E-state index contributed by atoms with van der Waals surface area (Å²) in [5, 5.41) is 0. The summed E-state index contributed by atoms with van der Waals surface area (Å²) >= 11 is 5.92. The van der Waals surface area contributed by atoms with Crippen LogP contribution in [0.4, 0.5) is 0 Å². The molecule has 1 aliphatic heterocycles. The number of rotatable bonds is 2. The highest BCUT2D eigenvalue weighted by Crippen LogP contribution is 2.37. The molecule has 2 aliphatic rings. The molecule has 1 saturated heterocycles. The largest absolute Gasteiger partial charge is 0.367 e. The first-order valence-electron chi connectivity index (χ1n) is 7.10. The van der Waals surface area contributed by atoms with Gasteiger partial charge in [0.05, 0.1) is 23.5 Å². The lowest BCUT2D eigenvalue weighted by atomic mass is 9.76. The van der Waals surface area contributed by atoms with Gasteiger partial charge in [-0.15, -0.1) is 11.6 Å². The maximum absolute atomic E-state index is 12.7. The topological polar surface area (TPSA) is 29.5 Å². The van der Waals surface area contributed by atoms with Crippen molar-refractivity contribution in [2.45, 2.75) is 37.9 Å².